The van der Waals surface area contributed by atoms with Gasteiger partial charge in [-0.3, -0.25) is 9.59 Å². The molecule has 0 unspecified atom stereocenters. The van der Waals surface area contributed by atoms with Gasteiger partial charge in [-0.15, -0.1) is 0 Å². The van der Waals surface area contributed by atoms with Crippen molar-refractivity contribution in [1.82, 2.24) is 0 Å². The Morgan fingerprint density at radius 2 is 1.89 bits per heavy atom. The zero-order valence-electron chi connectivity index (χ0n) is 4.79. The second-order valence-corrected chi connectivity index (χ2v) is 2.48. The van der Waals surface area contributed by atoms with E-state index < -0.39 is 11.1 Å². The summed E-state index contributed by atoms with van der Waals surface area (Å²) in [6, 6.07) is 0. The van der Waals surface area contributed by atoms with Crippen LogP contribution in [-0.4, -0.2) is 16.9 Å². The normalized spacial score (nSPS) is 8.89. The third kappa shape index (κ3) is 7.29. The average molecular weight is 148 g/mol. The van der Waals surface area contributed by atoms with Gasteiger partial charge in [0.2, 0.25) is 5.91 Å². The summed E-state index contributed by atoms with van der Waals surface area (Å²) in [5.41, 5.74) is 9.52. The van der Waals surface area contributed by atoms with Gasteiger partial charge < -0.3 is 11.5 Å². The van der Waals surface area contributed by atoms with Crippen LogP contribution in [0.1, 0.15) is 6.42 Å². The molecule has 0 aromatic carbocycles. The van der Waals surface area contributed by atoms with Gasteiger partial charge in [0.15, 0.2) is 0 Å². The highest BCUT2D eigenvalue weighted by Gasteiger charge is 1.96. The minimum Gasteiger partial charge on any atom is -0.370 e. The first-order valence-corrected chi connectivity index (χ1v) is 3.32. The summed E-state index contributed by atoms with van der Waals surface area (Å²) in [6.45, 7) is 0. The monoisotopic (exact) mass is 148 g/mol. The van der Waals surface area contributed by atoms with Gasteiger partial charge in [0, 0.05) is 12.2 Å². The molecule has 0 spiro atoms. The molecule has 0 bridgehead atoms. The lowest BCUT2D eigenvalue weighted by molar-refractivity contribution is -0.117. The summed E-state index contributed by atoms with van der Waals surface area (Å²) in [4.78, 5) is 20.1. The number of rotatable bonds is 3. The van der Waals surface area contributed by atoms with E-state index in [0.29, 0.717) is 5.75 Å². The Bertz CT molecular complexity index is 112. The Balaban J connectivity index is 3.10. The maximum absolute atomic E-state index is 10.0. The van der Waals surface area contributed by atoms with Crippen LogP contribution in [0.4, 0.5) is 4.79 Å². The Morgan fingerprint density at radius 3 is 2.22 bits per heavy atom. The fourth-order valence-electron chi connectivity index (χ4n) is 0.252. The fraction of sp³-hybridized carbons (Fsp3) is 0.500. The van der Waals surface area contributed by atoms with E-state index in [9.17, 15) is 9.59 Å². The van der Waals surface area contributed by atoms with Gasteiger partial charge in [-0.05, 0) is 0 Å². The predicted octanol–water partition coefficient (Wildman–Crippen LogP) is -0.326. The summed E-state index contributed by atoms with van der Waals surface area (Å²) >= 11 is 0.898. The number of amides is 2. The van der Waals surface area contributed by atoms with E-state index in [2.05, 4.69) is 0 Å². The SMILES string of the molecule is NC(=O)CCSC(N)=O. The lowest BCUT2D eigenvalue weighted by Gasteiger charge is -1.90. The first-order chi connectivity index (χ1) is 4.13. The summed E-state index contributed by atoms with van der Waals surface area (Å²) in [7, 11) is 0. The molecule has 0 aromatic rings. The third-order valence-electron chi connectivity index (χ3n) is 0.593. The average Bonchev–Trinajstić information content (AvgIpc) is 1.63. The van der Waals surface area contributed by atoms with E-state index in [4.69, 9.17) is 11.5 Å². The van der Waals surface area contributed by atoms with Crippen molar-refractivity contribution in [2.24, 2.45) is 11.5 Å². The molecule has 0 aromatic heterocycles. The molecule has 2 amide bonds. The first kappa shape index (κ1) is 8.29. The van der Waals surface area contributed by atoms with Crippen molar-refractivity contribution in [3.8, 4) is 0 Å². The smallest absolute Gasteiger partial charge is 0.276 e. The van der Waals surface area contributed by atoms with E-state index in [1.54, 1.807) is 0 Å². The molecular formula is C4H8N2O2S. The molecule has 0 aliphatic carbocycles. The Kier molecular flexibility index (Phi) is 3.87. The molecule has 0 atom stereocenters. The summed E-state index contributed by atoms with van der Waals surface area (Å²) < 4.78 is 0. The molecule has 52 valence electrons. The fourth-order valence-corrected chi connectivity index (χ4v) is 0.757. The predicted molar refractivity (Wildman–Crippen MR) is 35.9 cm³/mol. The zero-order chi connectivity index (χ0) is 7.28. The maximum Gasteiger partial charge on any atom is 0.276 e. The minimum absolute atomic E-state index is 0.202. The molecule has 0 rings (SSSR count). The highest BCUT2D eigenvalue weighted by atomic mass is 32.2. The zero-order valence-corrected chi connectivity index (χ0v) is 5.61. The highest BCUT2D eigenvalue weighted by Crippen LogP contribution is 1.99. The third-order valence-corrected chi connectivity index (χ3v) is 1.29. The standard InChI is InChI=1S/C4H8N2O2S/c5-3(7)1-2-9-4(6)8/h1-2H2,(H2,5,7)(H2,6,8). The number of hydrogen-bond acceptors (Lipinski definition) is 3. The van der Waals surface area contributed by atoms with Crippen LogP contribution in [0.3, 0.4) is 0 Å². The molecule has 0 radical (unpaired) electrons. The minimum atomic E-state index is -0.476. The Labute approximate surface area is 57.0 Å². The van der Waals surface area contributed by atoms with Gasteiger partial charge in [-0.2, -0.15) is 0 Å². The molecule has 4 nitrogen and oxygen atoms in total. The molecule has 0 saturated carbocycles. The molecule has 5 heteroatoms. The molecular weight excluding hydrogens is 140 g/mol. The van der Waals surface area contributed by atoms with Gasteiger partial charge in [0.1, 0.15) is 0 Å². The van der Waals surface area contributed by atoms with Crippen LogP contribution in [0.2, 0.25) is 0 Å². The van der Waals surface area contributed by atoms with Crippen molar-refractivity contribution >= 4 is 22.9 Å². The van der Waals surface area contributed by atoms with Crippen LogP contribution in [0, 0.1) is 0 Å². The summed E-state index contributed by atoms with van der Waals surface area (Å²) in [5.74, 6) is -0.0336. The number of thioether (sulfide) groups is 1. The van der Waals surface area contributed by atoms with Crippen LogP contribution in [-0.2, 0) is 4.79 Å². The van der Waals surface area contributed by atoms with E-state index in [1.807, 2.05) is 0 Å². The van der Waals surface area contributed by atoms with Crippen molar-refractivity contribution in [3.63, 3.8) is 0 Å². The number of carbonyl (C=O) groups is 2. The molecule has 0 saturated heterocycles. The maximum atomic E-state index is 10.0. The second-order valence-electron chi connectivity index (χ2n) is 1.38. The molecule has 9 heavy (non-hydrogen) atoms. The van der Waals surface area contributed by atoms with Crippen LogP contribution in [0.25, 0.3) is 0 Å². The lowest BCUT2D eigenvalue weighted by atomic mass is 10.5. The van der Waals surface area contributed by atoms with Crippen molar-refractivity contribution in [2.75, 3.05) is 5.75 Å². The van der Waals surface area contributed by atoms with E-state index in [1.165, 1.54) is 0 Å². The van der Waals surface area contributed by atoms with Crippen LogP contribution in [0.5, 0.6) is 0 Å². The topological polar surface area (TPSA) is 86.2 Å². The Hall–Kier alpha value is -0.710. The van der Waals surface area contributed by atoms with Gasteiger partial charge >= 0.3 is 0 Å². The summed E-state index contributed by atoms with van der Waals surface area (Å²) in [6.07, 6.45) is 0.202. The van der Waals surface area contributed by atoms with E-state index in [-0.39, 0.29) is 6.42 Å². The number of carbonyl (C=O) groups excluding carboxylic acids is 2. The van der Waals surface area contributed by atoms with Crippen molar-refractivity contribution < 1.29 is 9.59 Å². The van der Waals surface area contributed by atoms with Crippen LogP contribution >= 0.6 is 11.8 Å². The van der Waals surface area contributed by atoms with Crippen molar-refractivity contribution in [2.45, 2.75) is 6.42 Å². The summed E-state index contributed by atoms with van der Waals surface area (Å²) in [5, 5.41) is -0.476. The molecule has 0 aliphatic heterocycles. The van der Waals surface area contributed by atoms with Crippen LogP contribution < -0.4 is 11.5 Å². The molecule has 0 heterocycles. The van der Waals surface area contributed by atoms with Gasteiger partial charge in [0.05, 0.1) is 0 Å². The highest BCUT2D eigenvalue weighted by molar-refractivity contribution is 8.13. The molecule has 4 N–H and O–H groups in total. The van der Waals surface area contributed by atoms with Crippen molar-refractivity contribution in [3.05, 3.63) is 0 Å². The van der Waals surface area contributed by atoms with Gasteiger partial charge in [-0.25, -0.2) is 0 Å². The lowest BCUT2D eigenvalue weighted by Crippen LogP contribution is -2.12. The van der Waals surface area contributed by atoms with Gasteiger partial charge in [-0.1, -0.05) is 11.8 Å². The Morgan fingerprint density at radius 1 is 1.33 bits per heavy atom. The number of primary amides is 2. The number of nitrogens with two attached hydrogens (primary N) is 2. The van der Waals surface area contributed by atoms with Crippen LogP contribution in [0.15, 0.2) is 0 Å². The largest absolute Gasteiger partial charge is 0.370 e. The first-order valence-electron chi connectivity index (χ1n) is 2.33. The van der Waals surface area contributed by atoms with E-state index in [0.717, 1.165) is 11.8 Å². The number of hydrogen-bond donors (Lipinski definition) is 2. The van der Waals surface area contributed by atoms with Gasteiger partial charge in [0.25, 0.3) is 5.24 Å². The molecule has 0 fully saturated rings. The molecule has 0 aliphatic rings. The van der Waals surface area contributed by atoms with E-state index >= 15 is 0 Å². The second kappa shape index (κ2) is 4.20. The quantitative estimate of drug-likeness (QED) is 0.574. The van der Waals surface area contributed by atoms with Crippen molar-refractivity contribution in [1.29, 1.82) is 0 Å².